The van der Waals surface area contributed by atoms with E-state index < -0.39 is 0 Å². The number of likely N-dealkylation sites (tertiary alicyclic amines) is 1. The summed E-state index contributed by atoms with van der Waals surface area (Å²) in [7, 11) is 0. The molecule has 0 saturated carbocycles. The summed E-state index contributed by atoms with van der Waals surface area (Å²) in [6.07, 6.45) is 2.30. The zero-order valence-corrected chi connectivity index (χ0v) is 18.8. The minimum absolute atomic E-state index is 0.0306. The molecule has 0 bridgehead atoms. The number of hydrogen-bond donors (Lipinski definition) is 0. The van der Waals surface area contributed by atoms with Gasteiger partial charge in [0, 0.05) is 13.1 Å². The molecule has 3 rings (SSSR count). The monoisotopic (exact) mass is 411 g/mol. The normalized spacial score (nSPS) is 16.7. The predicted molar refractivity (Wildman–Crippen MR) is 117 cm³/mol. The fourth-order valence-corrected chi connectivity index (χ4v) is 4.18. The summed E-state index contributed by atoms with van der Waals surface area (Å²) >= 11 is 0. The van der Waals surface area contributed by atoms with E-state index in [9.17, 15) is 9.59 Å². The van der Waals surface area contributed by atoms with Gasteiger partial charge in [0.15, 0.2) is 0 Å². The molecule has 6 nitrogen and oxygen atoms in total. The largest absolute Gasteiger partial charge is 0.466 e. The Labute approximate surface area is 179 Å². The van der Waals surface area contributed by atoms with Gasteiger partial charge in [-0.15, -0.1) is 0 Å². The Balaban J connectivity index is 1.96. The van der Waals surface area contributed by atoms with E-state index >= 15 is 0 Å². The van der Waals surface area contributed by atoms with Gasteiger partial charge in [0.1, 0.15) is 0 Å². The quantitative estimate of drug-likeness (QED) is 0.671. The minimum atomic E-state index is -0.247. The van der Waals surface area contributed by atoms with Gasteiger partial charge in [-0.1, -0.05) is 32.0 Å². The maximum Gasteiger partial charge on any atom is 0.310 e. The van der Waals surface area contributed by atoms with Crippen LogP contribution in [0.25, 0.3) is 5.69 Å². The van der Waals surface area contributed by atoms with E-state index in [0.717, 1.165) is 41.9 Å². The Morgan fingerprint density at radius 1 is 1.23 bits per heavy atom. The lowest BCUT2D eigenvalue weighted by atomic mass is 9.96. The molecule has 0 radical (unpaired) electrons. The molecular formula is C24H33N3O3. The minimum Gasteiger partial charge on any atom is -0.466 e. The van der Waals surface area contributed by atoms with E-state index in [2.05, 4.69) is 26.8 Å². The molecule has 30 heavy (non-hydrogen) atoms. The second-order valence-corrected chi connectivity index (χ2v) is 8.55. The molecular weight excluding hydrogens is 378 g/mol. The van der Waals surface area contributed by atoms with Gasteiger partial charge in [0.05, 0.1) is 35.2 Å². The van der Waals surface area contributed by atoms with Crippen LogP contribution in [-0.2, 0) is 16.0 Å². The average Bonchev–Trinajstić information content (AvgIpc) is 3.03. The van der Waals surface area contributed by atoms with Crippen molar-refractivity contribution in [3.63, 3.8) is 0 Å². The Morgan fingerprint density at radius 2 is 1.97 bits per heavy atom. The number of aryl methyl sites for hydroxylation is 1. The van der Waals surface area contributed by atoms with E-state index in [1.165, 1.54) is 0 Å². The van der Waals surface area contributed by atoms with Crippen molar-refractivity contribution >= 4 is 11.9 Å². The summed E-state index contributed by atoms with van der Waals surface area (Å²) in [6, 6.07) is 8.07. The third kappa shape index (κ3) is 4.58. The Kier molecular flexibility index (Phi) is 6.95. The molecule has 1 aromatic heterocycles. The van der Waals surface area contributed by atoms with Crippen molar-refractivity contribution < 1.29 is 14.3 Å². The lowest BCUT2D eigenvalue weighted by molar-refractivity contribution is -0.149. The molecule has 2 heterocycles. The van der Waals surface area contributed by atoms with Gasteiger partial charge >= 0.3 is 5.97 Å². The maximum atomic E-state index is 13.6. The van der Waals surface area contributed by atoms with Gasteiger partial charge in [-0.3, -0.25) is 9.59 Å². The average molecular weight is 412 g/mol. The van der Waals surface area contributed by atoms with Crippen molar-refractivity contribution in [2.24, 2.45) is 11.8 Å². The van der Waals surface area contributed by atoms with Crippen LogP contribution >= 0.6 is 0 Å². The van der Waals surface area contributed by atoms with E-state index in [0.29, 0.717) is 31.2 Å². The zero-order chi connectivity index (χ0) is 21.8. The molecule has 1 unspecified atom stereocenters. The number of ether oxygens (including phenoxy) is 1. The number of esters is 1. The first-order chi connectivity index (χ1) is 14.3. The fourth-order valence-electron chi connectivity index (χ4n) is 4.18. The van der Waals surface area contributed by atoms with Crippen LogP contribution in [-0.4, -0.2) is 46.3 Å². The number of hydrogen-bond acceptors (Lipinski definition) is 4. The first kappa shape index (κ1) is 22.1. The number of carbonyl (C=O) groups is 2. The summed E-state index contributed by atoms with van der Waals surface area (Å²) in [5, 5.41) is 4.86. The Morgan fingerprint density at radius 3 is 2.63 bits per heavy atom. The van der Waals surface area contributed by atoms with E-state index in [1.54, 1.807) is 4.90 Å². The van der Waals surface area contributed by atoms with Crippen molar-refractivity contribution in [2.75, 3.05) is 19.7 Å². The zero-order valence-electron chi connectivity index (χ0n) is 18.8. The number of amides is 1. The van der Waals surface area contributed by atoms with Crippen LogP contribution in [0.5, 0.6) is 0 Å². The third-order valence-electron chi connectivity index (χ3n) is 5.68. The van der Waals surface area contributed by atoms with Crippen molar-refractivity contribution in [1.82, 2.24) is 14.7 Å². The van der Waals surface area contributed by atoms with Crippen LogP contribution < -0.4 is 0 Å². The number of nitrogens with zero attached hydrogens (tertiary/aromatic N) is 3. The Bertz CT molecular complexity index is 916. The van der Waals surface area contributed by atoms with E-state index in [-0.39, 0.29) is 17.8 Å². The number of piperidine rings is 1. The number of aromatic nitrogens is 2. The highest BCUT2D eigenvalue weighted by molar-refractivity contribution is 5.97. The van der Waals surface area contributed by atoms with Crippen LogP contribution in [0.15, 0.2) is 24.3 Å². The summed E-state index contributed by atoms with van der Waals surface area (Å²) < 4.78 is 7.09. The third-order valence-corrected chi connectivity index (χ3v) is 5.68. The SMILES string of the molecule is CCOC(=O)C1CCCN(C(=O)c2c(CC(C)C)nn(-c3ccccc3C)c2C)C1. The molecule has 162 valence electrons. The van der Waals surface area contributed by atoms with Gasteiger partial charge in [-0.05, 0) is 57.6 Å². The van der Waals surface area contributed by atoms with Crippen LogP contribution in [0.3, 0.4) is 0 Å². The molecule has 6 heteroatoms. The summed E-state index contributed by atoms with van der Waals surface area (Å²) in [6.45, 7) is 11.5. The molecule has 1 amide bonds. The molecule has 1 atom stereocenters. The Hall–Kier alpha value is -2.63. The topological polar surface area (TPSA) is 64.4 Å². The van der Waals surface area contributed by atoms with Crippen LogP contribution in [0.1, 0.15) is 60.9 Å². The van der Waals surface area contributed by atoms with Gasteiger partial charge in [-0.2, -0.15) is 5.10 Å². The molecule has 0 spiro atoms. The molecule has 2 aromatic rings. The second kappa shape index (κ2) is 9.45. The lowest BCUT2D eigenvalue weighted by Crippen LogP contribution is -2.43. The van der Waals surface area contributed by atoms with Crippen molar-refractivity contribution in [2.45, 2.75) is 53.9 Å². The second-order valence-electron chi connectivity index (χ2n) is 8.55. The molecule has 1 fully saturated rings. The fraction of sp³-hybridized carbons (Fsp3) is 0.542. The smallest absolute Gasteiger partial charge is 0.310 e. The highest BCUT2D eigenvalue weighted by Crippen LogP contribution is 2.26. The number of benzene rings is 1. The van der Waals surface area contributed by atoms with Gasteiger partial charge in [-0.25, -0.2) is 4.68 Å². The summed E-state index contributed by atoms with van der Waals surface area (Å²) in [4.78, 5) is 27.6. The number of carbonyl (C=O) groups excluding carboxylic acids is 2. The van der Waals surface area contributed by atoms with Gasteiger partial charge in [0.2, 0.25) is 0 Å². The highest BCUT2D eigenvalue weighted by atomic mass is 16.5. The standard InChI is InChI=1S/C24H33N3O3/c1-6-30-24(29)19-11-9-13-26(15-19)23(28)22-18(5)27(25-20(22)14-16(2)3)21-12-8-7-10-17(21)4/h7-8,10,12,16,19H,6,9,11,13-15H2,1-5H3. The molecule has 1 aliphatic rings. The van der Waals surface area contributed by atoms with Crippen molar-refractivity contribution in [3.05, 3.63) is 46.8 Å². The highest BCUT2D eigenvalue weighted by Gasteiger charge is 2.33. The van der Waals surface area contributed by atoms with Crippen LogP contribution in [0, 0.1) is 25.7 Å². The summed E-state index contributed by atoms with van der Waals surface area (Å²) in [5.41, 5.74) is 4.45. The van der Waals surface area contributed by atoms with E-state index in [1.807, 2.05) is 36.7 Å². The molecule has 0 N–H and O–H groups in total. The van der Waals surface area contributed by atoms with Crippen LogP contribution in [0.2, 0.25) is 0 Å². The van der Waals surface area contributed by atoms with Gasteiger partial charge < -0.3 is 9.64 Å². The van der Waals surface area contributed by atoms with Crippen LogP contribution in [0.4, 0.5) is 0 Å². The number of para-hydroxylation sites is 1. The number of rotatable bonds is 6. The van der Waals surface area contributed by atoms with Gasteiger partial charge in [0.25, 0.3) is 5.91 Å². The predicted octanol–water partition coefficient (Wildman–Crippen LogP) is 4.10. The molecule has 1 saturated heterocycles. The molecule has 1 aliphatic heterocycles. The molecule has 1 aromatic carbocycles. The lowest BCUT2D eigenvalue weighted by Gasteiger charge is -2.31. The van der Waals surface area contributed by atoms with Crippen molar-refractivity contribution in [1.29, 1.82) is 0 Å². The van der Waals surface area contributed by atoms with Crippen molar-refractivity contribution in [3.8, 4) is 5.69 Å². The first-order valence-corrected chi connectivity index (χ1v) is 10.9. The summed E-state index contributed by atoms with van der Waals surface area (Å²) in [5.74, 6) is -0.102. The molecule has 0 aliphatic carbocycles. The first-order valence-electron chi connectivity index (χ1n) is 10.9. The van der Waals surface area contributed by atoms with E-state index in [4.69, 9.17) is 9.84 Å². The maximum absolute atomic E-state index is 13.6.